The van der Waals surface area contributed by atoms with Gasteiger partial charge in [-0.15, -0.1) is 11.8 Å². The zero-order chi connectivity index (χ0) is 24.5. The first kappa shape index (κ1) is 24.1. The Labute approximate surface area is 206 Å². The highest BCUT2D eigenvalue weighted by Gasteiger charge is 2.36. The normalized spacial score (nSPS) is 16.2. The highest BCUT2D eigenvalue weighted by molar-refractivity contribution is 8.00. The summed E-state index contributed by atoms with van der Waals surface area (Å²) in [6.45, 7) is 10.7. The van der Waals surface area contributed by atoms with Gasteiger partial charge in [-0.3, -0.25) is 14.5 Å². The van der Waals surface area contributed by atoms with Crippen LogP contribution in [0.5, 0.6) is 0 Å². The number of rotatable bonds is 5. The van der Waals surface area contributed by atoms with Crippen LogP contribution in [0, 0.1) is 0 Å². The van der Waals surface area contributed by atoms with Crippen LogP contribution < -0.4 is 10.2 Å². The standard InChI is InChI=1S/C29H32N2O2S/c1-19(2)22-10-7-9-13-25(22)31-26(32)18-34-28(31)23-11-6-8-12-24(23)30-27(33)20-14-16-21(17-15-20)29(3,4)5/h6-17,19,28H,18H2,1-5H3,(H,30,33)/t28-/m0/s1. The summed E-state index contributed by atoms with van der Waals surface area (Å²) in [6.07, 6.45) is 0. The van der Waals surface area contributed by atoms with E-state index >= 15 is 0 Å². The molecule has 176 valence electrons. The lowest BCUT2D eigenvalue weighted by Gasteiger charge is -2.29. The Morgan fingerprint density at radius 2 is 1.62 bits per heavy atom. The number of hydrogen-bond donors (Lipinski definition) is 1. The molecule has 0 unspecified atom stereocenters. The molecular formula is C29H32N2O2S. The van der Waals surface area contributed by atoms with Gasteiger partial charge in [-0.2, -0.15) is 0 Å². The fourth-order valence-electron chi connectivity index (χ4n) is 4.25. The van der Waals surface area contributed by atoms with E-state index in [2.05, 4.69) is 46.0 Å². The summed E-state index contributed by atoms with van der Waals surface area (Å²) in [6, 6.07) is 23.6. The van der Waals surface area contributed by atoms with Crippen molar-refractivity contribution in [3.05, 3.63) is 95.1 Å². The molecule has 1 saturated heterocycles. The van der Waals surface area contributed by atoms with Gasteiger partial charge in [-0.1, -0.05) is 83.1 Å². The molecule has 4 rings (SSSR count). The molecule has 1 atom stereocenters. The summed E-state index contributed by atoms with van der Waals surface area (Å²) in [7, 11) is 0. The zero-order valence-corrected chi connectivity index (χ0v) is 21.3. The molecular weight excluding hydrogens is 440 g/mol. The molecule has 0 aromatic heterocycles. The van der Waals surface area contributed by atoms with Crippen LogP contribution in [0.4, 0.5) is 11.4 Å². The first-order valence-corrected chi connectivity index (χ1v) is 12.7. The molecule has 34 heavy (non-hydrogen) atoms. The van der Waals surface area contributed by atoms with Gasteiger partial charge in [-0.05, 0) is 46.7 Å². The summed E-state index contributed by atoms with van der Waals surface area (Å²) >= 11 is 1.59. The minimum atomic E-state index is -0.202. The van der Waals surface area contributed by atoms with Gasteiger partial charge in [0.25, 0.3) is 5.91 Å². The van der Waals surface area contributed by atoms with Gasteiger partial charge in [0.05, 0.1) is 5.75 Å². The molecule has 1 heterocycles. The van der Waals surface area contributed by atoms with Crippen molar-refractivity contribution < 1.29 is 9.59 Å². The highest BCUT2D eigenvalue weighted by Crippen LogP contribution is 2.46. The zero-order valence-electron chi connectivity index (χ0n) is 20.5. The van der Waals surface area contributed by atoms with Gasteiger partial charge in [0.1, 0.15) is 5.37 Å². The molecule has 3 aromatic rings. The molecule has 5 heteroatoms. The maximum Gasteiger partial charge on any atom is 0.255 e. The molecule has 0 radical (unpaired) electrons. The van der Waals surface area contributed by atoms with Crippen LogP contribution in [0.2, 0.25) is 0 Å². The van der Waals surface area contributed by atoms with Crippen LogP contribution in [0.1, 0.15) is 73.0 Å². The van der Waals surface area contributed by atoms with E-state index in [9.17, 15) is 9.59 Å². The van der Waals surface area contributed by atoms with Crippen LogP contribution in [0.25, 0.3) is 0 Å². The number of para-hydroxylation sites is 2. The van der Waals surface area contributed by atoms with E-state index in [0.29, 0.717) is 17.2 Å². The van der Waals surface area contributed by atoms with Crippen molar-refractivity contribution in [2.75, 3.05) is 16.0 Å². The SMILES string of the molecule is CC(C)c1ccccc1N1C(=O)CS[C@H]1c1ccccc1NC(=O)c1ccc(C(C)(C)C)cc1. The first-order chi connectivity index (χ1) is 16.2. The van der Waals surface area contributed by atoms with Gasteiger partial charge >= 0.3 is 0 Å². The Bertz CT molecular complexity index is 1200. The molecule has 0 spiro atoms. The minimum Gasteiger partial charge on any atom is -0.322 e. The lowest BCUT2D eigenvalue weighted by molar-refractivity contribution is -0.115. The third kappa shape index (κ3) is 4.90. The summed E-state index contributed by atoms with van der Waals surface area (Å²) in [5.74, 6) is 0.632. The summed E-state index contributed by atoms with van der Waals surface area (Å²) in [5, 5.41) is 2.89. The van der Waals surface area contributed by atoms with Gasteiger partial charge in [0.15, 0.2) is 0 Å². The van der Waals surface area contributed by atoms with E-state index in [1.807, 2.05) is 71.6 Å². The number of amides is 2. The second-order valence-corrected chi connectivity index (χ2v) is 11.1. The van der Waals surface area contributed by atoms with Crippen molar-refractivity contribution in [3.8, 4) is 0 Å². The van der Waals surface area contributed by atoms with E-state index in [-0.39, 0.29) is 22.6 Å². The number of carbonyl (C=O) groups is 2. The second kappa shape index (κ2) is 9.67. The van der Waals surface area contributed by atoms with Crippen LogP contribution in [-0.2, 0) is 10.2 Å². The number of thioether (sulfide) groups is 1. The van der Waals surface area contributed by atoms with Gasteiger partial charge in [-0.25, -0.2) is 0 Å². The topological polar surface area (TPSA) is 49.4 Å². The fourth-order valence-corrected chi connectivity index (χ4v) is 5.46. The molecule has 1 aliphatic heterocycles. The Morgan fingerprint density at radius 3 is 2.29 bits per heavy atom. The average Bonchev–Trinajstić information content (AvgIpc) is 3.19. The predicted molar refractivity (Wildman–Crippen MR) is 143 cm³/mol. The van der Waals surface area contributed by atoms with Crippen molar-refractivity contribution in [2.24, 2.45) is 0 Å². The van der Waals surface area contributed by atoms with Gasteiger partial charge in [0.2, 0.25) is 5.91 Å². The number of anilines is 2. The van der Waals surface area contributed by atoms with Crippen molar-refractivity contribution in [3.63, 3.8) is 0 Å². The Morgan fingerprint density at radius 1 is 0.971 bits per heavy atom. The van der Waals surface area contributed by atoms with Gasteiger partial charge < -0.3 is 5.32 Å². The Balaban J connectivity index is 1.64. The summed E-state index contributed by atoms with van der Waals surface area (Å²) in [4.78, 5) is 28.0. The largest absolute Gasteiger partial charge is 0.322 e. The number of carbonyl (C=O) groups excluding carboxylic acids is 2. The van der Waals surface area contributed by atoms with Crippen LogP contribution in [-0.4, -0.2) is 17.6 Å². The van der Waals surface area contributed by atoms with E-state index in [4.69, 9.17) is 0 Å². The number of hydrogen-bond acceptors (Lipinski definition) is 3. The molecule has 1 fully saturated rings. The van der Waals surface area contributed by atoms with E-state index < -0.39 is 0 Å². The maximum atomic E-state index is 13.1. The van der Waals surface area contributed by atoms with Crippen LogP contribution in [0.15, 0.2) is 72.8 Å². The predicted octanol–water partition coefficient (Wildman–Crippen LogP) is 7.14. The molecule has 0 bridgehead atoms. The van der Waals surface area contributed by atoms with Crippen molar-refractivity contribution in [2.45, 2.75) is 51.3 Å². The highest BCUT2D eigenvalue weighted by atomic mass is 32.2. The molecule has 0 saturated carbocycles. The van der Waals surface area contributed by atoms with Crippen molar-refractivity contribution in [1.82, 2.24) is 0 Å². The summed E-state index contributed by atoms with van der Waals surface area (Å²) in [5.41, 5.74) is 5.57. The average molecular weight is 473 g/mol. The maximum absolute atomic E-state index is 13.1. The number of benzene rings is 3. The quantitative estimate of drug-likeness (QED) is 0.429. The monoisotopic (exact) mass is 472 g/mol. The van der Waals surface area contributed by atoms with E-state index in [1.165, 1.54) is 5.56 Å². The molecule has 2 amide bonds. The van der Waals surface area contributed by atoms with Crippen molar-refractivity contribution in [1.29, 1.82) is 0 Å². The van der Waals surface area contributed by atoms with Crippen LogP contribution >= 0.6 is 11.8 Å². The third-order valence-corrected chi connectivity index (χ3v) is 7.37. The number of nitrogens with one attached hydrogen (secondary N) is 1. The van der Waals surface area contributed by atoms with Crippen molar-refractivity contribution >= 4 is 35.0 Å². The molecule has 3 aromatic carbocycles. The number of nitrogens with zero attached hydrogens (tertiary/aromatic N) is 1. The molecule has 4 nitrogen and oxygen atoms in total. The fraction of sp³-hybridized carbons (Fsp3) is 0.310. The Hall–Kier alpha value is -3.05. The lowest BCUT2D eigenvalue weighted by atomic mass is 9.86. The smallest absolute Gasteiger partial charge is 0.255 e. The third-order valence-electron chi connectivity index (χ3n) is 6.17. The minimum absolute atomic E-state index is 0.0313. The Kier molecular flexibility index (Phi) is 6.85. The van der Waals surface area contributed by atoms with E-state index in [0.717, 1.165) is 22.5 Å². The van der Waals surface area contributed by atoms with Gasteiger partial charge in [0, 0.05) is 22.5 Å². The molecule has 1 aliphatic rings. The molecule has 1 N–H and O–H groups in total. The summed E-state index contributed by atoms with van der Waals surface area (Å²) < 4.78 is 0. The van der Waals surface area contributed by atoms with Crippen LogP contribution in [0.3, 0.4) is 0 Å². The van der Waals surface area contributed by atoms with E-state index in [1.54, 1.807) is 11.8 Å². The lowest BCUT2D eigenvalue weighted by Crippen LogP contribution is -2.29. The second-order valence-electron chi connectivity index (χ2n) is 10.0. The first-order valence-electron chi connectivity index (χ1n) is 11.7. The molecule has 0 aliphatic carbocycles.